The number of amides is 1. The Kier molecular flexibility index (Phi) is 5.73. The summed E-state index contributed by atoms with van der Waals surface area (Å²) < 4.78 is 5.33. The van der Waals surface area contributed by atoms with Crippen molar-refractivity contribution in [3.63, 3.8) is 0 Å². The maximum atomic E-state index is 11.2. The summed E-state index contributed by atoms with van der Waals surface area (Å²) in [5, 5.41) is 9.68. The molecule has 0 bridgehead atoms. The molecule has 3 rings (SSSR count). The van der Waals surface area contributed by atoms with Crippen molar-refractivity contribution in [1.82, 2.24) is 9.97 Å². The Balaban J connectivity index is 1.78. The second kappa shape index (κ2) is 8.37. The highest BCUT2D eigenvalue weighted by Crippen LogP contribution is 2.30. The van der Waals surface area contributed by atoms with Gasteiger partial charge in [0.25, 0.3) is 0 Å². The van der Waals surface area contributed by atoms with Crippen LogP contribution in [0, 0.1) is 0 Å². The van der Waals surface area contributed by atoms with Crippen LogP contribution in [0.15, 0.2) is 54.9 Å². The molecule has 0 fully saturated rings. The quantitative estimate of drug-likeness (QED) is 0.577. The summed E-state index contributed by atoms with van der Waals surface area (Å²) in [5.41, 5.74) is 2.18. The van der Waals surface area contributed by atoms with Gasteiger partial charge in [-0.2, -0.15) is 0 Å². The van der Waals surface area contributed by atoms with Crippen LogP contribution in [-0.4, -0.2) is 23.0 Å². The standard InChI is InChI=1S/C19H18ClN5O2/c1-12(26)23-14-4-3-5-15(9-14)24-18-10-19(22-11-21-18)25-16-8-13(20)6-7-17(16)27-2/h3-11H,1-2H3,(H,23,26)(H2,21,22,24,25). The molecule has 7 nitrogen and oxygen atoms in total. The van der Waals surface area contributed by atoms with Crippen molar-refractivity contribution in [2.45, 2.75) is 6.92 Å². The highest BCUT2D eigenvalue weighted by Gasteiger charge is 2.07. The Morgan fingerprint density at radius 1 is 1.00 bits per heavy atom. The first-order chi connectivity index (χ1) is 13.0. The Labute approximate surface area is 161 Å². The van der Waals surface area contributed by atoms with E-state index in [1.165, 1.54) is 13.3 Å². The maximum Gasteiger partial charge on any atom is 0.221 e. The zero-order valence-corrected chi connectivity index (χ0v) is 15.5. The number of methoxy groups -OCH3 is 1. The molecule has 0 radical (unpaired) electrons. The van der Waals surface area contributed by atoms with Gasteiger partial charge in [-0.1, -0.05) is 17.7 Å². The number of carbonyl (C=O) groups is 1. The first-order valence-corrected chi connectivity index (χ1v) is 8.48. The van der Waals surface area contributed by atoms with Gasteiger partial charge in [0.15, 0.2) is 0 Å². The number of hydrogen-bond donors (Lipinski definition) is 3. The fourth-order valence-corrected chi connectivity index (χ4v) is 2.61. The van der Waals surface area contributed by atoms with Gasteiger partial charge >= 0.3 is 0 Å². The predicted octanol–water partition coefficient (Wildman–Crippen LogP) is 4.58. The molecule has 1 amide bonds. The third kappa shape index (κ3) is 5.08. The summed E-state index contributed by atoms with van der Waals surface area (Å²) in [6.07, 6.45) is 1.44. The number of benzene rings is 2. The van der Waals surface area contributed by atoms with Gasteiger partial charge in [0.1, 0.15) is 23.7 Å². The zero-order valence-electron chi connectivity index (χ0n) is 14.8. The molecule has 0 spiro atoms. The third-order valence-corrected chi connectivity index (χ3v) is 3.78. The molecule has 27 heavy (non-hydrogen) atoms. The number of aromatic nitrogens is 2. The van der Waals surface area contributed by atoms with Gasteiger partial charge in [-0.3, -0.25) is 4.79 Å². The van der Waals surface area contributed by atoms with Crippen molar-refractivity contribution < 1.29 is 9.53 Å². The minimum absolute atomic E-state index is 0.129. The molecule has 0 saturated heterocycles. The van der Waals surface area contributed by atoms with E-state index in [9.17, 15) is 4.79 Å². The smallest absolute Gasteiger partial charge is 0.221 e. The van der Waals surface area contributed by atoms with Crippen LogP contribution < -0.4 is 20.7 Å². The minimum atomic E-state index is -0.129. The first-order valence-electron chi connectivity index (χ1n) is 8.11. The lowest BCUT2D eigenvalue weighted by atomic mass is 10.2. The fraction of sp³-hybridized carbons (Fsp3) is 0.105. The van der Waals surface area contributed by atoms with Crippen molar-refractivity contribution in [2.75, 3.05) is 23.1 Å². The monoisotopic (exact) mass is 383 g/mol. The molecule has 2 aromatic carbocycles. The molecule has 0 atom stereocenters. The average molecular weight is 384 g/mol. The SMILES string of the molecule is COc1ccc(Cl)cc1Nc1cc(Nc2cccc(NC(C)=O)c2)ncn1. The number of anilines is 5. The number of nitrogens with one attached hydrogen (secondary N) is 3. The summed E-state index contributed by atoms with van der Waals surface area (Å²) in [5.74, 6) is 1.69. The van der Waals surface area contributed by atoms with E-state index in [0.29, 0.717) is 33.8 Å². The number of ether oxygens (including phenoxy) is 1. The van der Waals surface area contributed by atoms with Crippen LogP contribution in [0.25, 0.3) is 0 Å². The predicted molar refractivity (Wildman–Crippen MR) is 107 cm³/mol. The normalized spacial score (nSPS) is 10.2. The van der Waals surface area contributed by atoms with Crippen LogP contribution in [0.3, 0.4) is 0 Å². The Morgan fingerprint density at radius 2 is 1.74 bits per heavy atom. The van der Waals surface area contributed by atoms with E-state index in [-0.39, 0.29) is 5.91 Å². The topological polar surface area (TPSA) is 88.2 Å². The van der Waals surface area contributed by atoms with Crippen molar-refractivity contribution in [3.05, 3.63) is 59.9 Å². The Morgan fingerprint density at radius 3 is 2.48 bits per heavy atom. The average Bonchev–Trinajstić information content (AvgIpc) is 2.62. The highest BCUT2D eigenvalue weighted by atomic mass is 35.5. The lowest BCUT2D eigenvalue weighted by Crippen LogP contribution is -2.06. The minimum Gasteiger partial charge on any atom is -0.495 e. The van der Waals surface area contributed by atoms with Gasteiger partial charge < -0.3 is 20.7 Å². The lowest BCUT2D eigenvalue weighted by Gasteiger charge is -2.12. The van der Waals surface area contributed by atoms with Crippen LogP contribution in [0.4, 0.5) is 28.7 Å². The van der Waals surface area contributed by atoms with Gasteiger partial charge in [0.05, 0.1) is 12.8 Å². The van der Waals surface area contributed by atoms with Crippen LogP contribution in [-0.2, 0) is 4.79 Å². The lowest BCUT2D eigenvalue weighted by molar-refractivity contribution is -0.114. The van der Waals surface area contributed by atoms with Crippen molar-refractivity contribution >= 4 is 46.2 Å². The van der Waals surface area contributed by atoms with Crippen molar-refractivity contribution in [3.8, 4) is 5.75 Å². The van der Waals surface area contributed by atoms with Gasteiger partial charge in [-0.15, -0.1) is 0 Å². The molecule has 0 aliphatic heterocycles. The molecule has 1 heterocycles. The van der Waals surface area contributed by atoms with Crippen LogP contribution in [0.5, 0.6) is 5.75 Å². The van der Waals surface area contributed by atoms with Gasteiger partial charge in [-0.25, -0.2) is 9.97 Å². The third-order valence-electron chi connectivity index (χ3n) is 3.55. The molecule has 0 unspecified atom stereocenters. The van der Waals surface area contributed by atoms with Gasteiger partial charge in [0, 0.05) is 29.4 Å². The molecule has 1 aromatic heterocycles. The Hall–Kier alpha value is -3.32. The molecule has 0 saturated carbocycles. The fourth-order valence-electron chi connectivity index (χ4n) is 2.44. The van der Waals surface area contributed by atoms with E-state index in [4.69, 9.17) is 16.3 Å². The first kappa shape index (κ1) is 18.5. The number of halogens is 1. The van der Waals surface area contributed by atoms with E-state index >= 15 is 0 Å². The second-order valence-corrected chi connectivity index (χ2v) is 6.08. The van der Waals surface area contributed by atoms with Gasteiger partial charge in [0.2, 0.25) is 5.91 Å². The summed E-state index contributed by atoms with van der Waals surface area (Å²) in [7, 11) is 1.59. The number of carbonyl (C=O) groups excluding carboxylic acids is 1. The molecule has 3 aromatic rings. The summed E-state index contributed by atoms with van der Waals surface area (Å²) >= 11 is 6.06. The van der Waals surface area contributed by atoms with E-state index in [1.807, 2.05) is 24.3 Å². The number of rotatable bonds is 6. The Bertz CT molecular complexity index is 964. The highest BCUT2D eigenvalue weighted by molar-refractivity contribution is 6.31. The molecule has 0 aliphatic carbocycles. The molecular weight excluding hydrogens is 366 g/mol. The molecule has 0 aliphatic rings. The molecule has 8 heteroatoms. The van der Waals surface area contributed by atoms with Crippen molar-refractivity contribution in [1.29, 1.82) is 0 Å². The van der Waals surface area contributed by atoms with E-state index < -0.39 is 0 Å². The zero-order chi connectivity index (χ0) is 19.2. The van der Waals surface area contributed by atoms with E-state index in [2.05, 4.69) is 25.9 Å². The van der Waals surface area contributed by atoms with E-state index in [1.54, 1.807) is 31.4 Å². The largest absolute Gasteiger partial charge is 0.495 e. The van der Waals surface area contributed by atoms with Crippen molar-refractivity contribution in [2.24, 2.45) is 0 Å². The van der Waals surface area contributed by atoms with Gasteiger partial charge in [-0.05, 0) is 36.4 Å². The van der Waals surface area contributed by atoms with Crippen LogP contribution >= 0.6 is 11.6 Å². The summed E-state index contributed by atoms with van der Waals surface area (Å²) in [6.45, 7) is 1.46. The maximum absolute atomic E-state index is 11.2. The number of nitrogens with zero attached hydrogens (tertiary/aromatic N) is 2. The number of hydrogen-bond acceptors (Lipinski definition) is 6. The summed E-state index contributed by atoms with van der Waals surface area (Å²) in [6, 6.07) is 14.4. The van der Waals surface area contributed by atoms with Crippen LogP contribution in [0.1, 0.15) is 6.92 Å². The molecular formula is C19H18ClN5O2. The van der Waals surface area contributed by atoms with E-state index in [0.717, 1.165) is 5.69 Å². The molecule has 3 N–H and O–H groups in total. The second-order valence-electron chi connectivity index (χ2n) is 5.65. The van der Waals surface area contributed by atoms with Crippen LogP contribution in [0.2, 0.25) is 5.02 Å². The summed E-state index contributed by atoms with van der Waals surface area (Å²) in [4.78, 5) is 19.6. The molecule has 138 valence electrons.